The first-order chi connectivity index (χ1) is 9.47. The lowest BCUT2D eigenvalue weighted by molar-refractivity contribution is 0.0697. The van der Waals surface area contributed by atoms with E-state index in [9.17, 15) is 9.59 Å². The predicted molar refractivity (Wildman–Crippen MR) is 80.5 cm³/mol. The van der Waals surface area contributed by atoms with E-state index in [1.807, 2.05) is 0 Å². The van der Waals surface area contributed by atoms with Crippen LogP contribution in [-0.2, 0) is 0 Å². The highest BCUT2D eigenvalue weighted by Crippen LogP contribution is 2.26. The zero-order valence-electron chi connectivity index (χ0n) is 10.1. The van der Waals surface area contributed by atoms with Gasteiger partial charge in [0.05, 0.1) is 16.3 Å². The average molecular weight is 355 g/mol. The Kier molecular flexibility index (Phi) is 4.42. The fourth-order valence-electron chi connectivity index (χ4n) is 1.58. The predicted octanol–water partition coefficient (Wildman–Crippen LogP) is 4.05. The Bertz CT molecular complexity index is 688. The van der Waals surface area contributed by atoms with Crippen LogP contribution in [0.25, 0.3) is 0 Å². The van der Waals surface area contributed by atoms with Crippen LogP contribution < -0.4 is 5.32 Å². The van der Waals surface area contributed by atoms with Crippen molar-refractivity contribution in [3.8, 4) is 0 Å². The summed E-state index contributed by atoms with van der Waals surface area (Å²) < 4.78 is 0.775. The zero-order chi connectivity index (χ0) is 14.7. The van der Waals surface area contributed by atoms with E-state index in [0.29, 0.717) is 10.7 Å². The topological polar surface area (TPSA) is 66.4 Å². The number of carbonyl (C=O) groups excluding carboxylic acids is 1. The minimum absolute atomic E-state index is 0.0537. The van der Waals surface area contributed by atoms with Crippen LogP contribution >= 0.6 is 27.5 Å². The molecule has 0 spiro atoms. The highest BCUT2D eigenvalue weighted by atomic mass is 79.9. The molecule has 0 saturated heterocycles. The van der Waals surface area contributed by atoms with Crippen LogP contribution in [0.4, 0.5) is 5.69 Å². The average Bonchev–Trinajstić information content (AvgIpc) is 2.43. The number of carbonyl (C=O) groups is 2. The molecular formula is C14H9BrClNO3. The van der Waals surface area contributed by atoms with E-state index in [4.69, 9.17) is 16.7 Å². The van der Waals surface area contributed by atoms with Gasteiger partial charge in [-0.2, -0.15) is 0 Å². The molecule has 0 unspecified atom stereocenters. The molecule has 4 nitrogen and oxygen atoms in total. The van der Waals surface area contributed by atoms with Crippen molar-refractivity contribution in [3.05, 3.63) is 63.1 Å². The van der Waals surface area contributed by atoms with Crippen molar-refractivity contribution < 1.29 is 14.7 Å². The minimum atomic E-state index is -1.08. The van der Waals surface area contributed by atoms with Crippen LogP contribution in [0.1, 0.15) is 20.7 Å². The number of benzene rings is 2. The fraction of sp³-hybridized carbons (Fsp3) is 0. The lowest BCUT2D eigenvalue weighted by Crippen LogP contribution is -2.13. The first-order valence-corrected chi connectivity index (χ1v) is 6.74. The lowest BCUT2D eigenvalue weighted by atomic mass is 10.1. The van der Waals surface area contributed by atoms with Gasteiger partial charge in [-0.1, -0.05) is 33.6 Å². The SMILES string of the molecule is O=C(O)c1cccc(C(=O)Nc2cc(Br)ccc2Cl)c1. The molecule has 2 aromatic carbocycles. The number of halogens is 2. The second kappa shape index (κ2) is 6.07. The number of hydrogen-bond acceptors (Lipinski definition) is 2. The maximum atomic E-state index is 12.1. The van der Waals surface area contributed by atoms with E-state index in [0.717, 1.165) is 4.47 Å². The molecule has 1 amide bonds. The third kappa shape index (κ3) is 3.37. The van der Waals surface area contributed by atoms with E-state index in [2.05, 4.69) is 21.2 Å². The lowest BCUT2D eigenvalue weighted by Gasteiger charge is -2.08. The molecule has 102 valence electrons. The first-order valence-electron chi connectivity index (χ1n) is 5.57. The molecule has 0 heterocycles. The summed E-state index contributed by atoms with van der Waals surface area (Å²) >= 11 is 9.27. The van der Waals surface area contributed by atoms with Gasteiger partial charge in [0.1, 0.15) is 0 Å². The molecule has 2 aromatic rings. The molecule has 0 saturated carbocycles. The Morgan fingerprint density at radius 2 is 1.80 bits per heavy atom. The summed E-state index contributed by atoms with van der Waals surface area (Å²) in [6, 6.07) is 10.8. The van der Waals surface area contributed by atoms with E-state index in [1.165, 1.54) is 24.3 Å². The monoisotopic (exact) mass is 353 g/mol. The van der Waals surface area contributed by atoms with Gasteiger partial charge in [0.15, 0.2) is 0 Å². The van der Waals surface area contributed by atoms with Crippen LogP contribution in [0, 0.1) is 0 Å². The van der Waals surface area contributed by atoms with E-state index >= 15 is 0 Å². The number of carboxylic acids is 1. The molecule has 0 aromatic heterocycles. The number of amides is 1. The number of nitrogens with one attached hydrogen (secondary N) is 1. The summed E-state index contributed by atoms with van der Waals surface area (Å²) in [5.74, 6) is -1.51. The Balaban J connectivity index is 2.26. The number of aromatic carboxylic acids is 1. The van der Waals surface area contributed by atoms with Gasteiger partial charge in [-0.3, -0.25) is 4.79 Å². The third-order valence-electron chi connectivity index (χ3n) is 2.55. The minimum Gasteiger partial charge on any atom is -0.478 e. The van der Waals surface area contributed by atoms with Gasteiger partial charge in [-0.25, -0.2) is 4.79 Å². The smallest absolute Gasteiger partial charge is 0.335 e. The summed E-state index contributed by atoms with van der Waals surface area (Å²) in [7, 11) is 0. The van der Waals surface area contributed by atoms with E-state index in [-0.39, 0.29) is 11.1 Å². The van der Waals surface area contributed by atoms with Crippen molar-refractivity contribution in [2.45, 2.75) is 0 Å². The normalized spacial score (nSPS) is 10.1. The molecule has 0 bridgehead atoms. The van der Waals surface area contributed by atoms with Crippen molar-refractivity contribution in [3.63, 3.8) is 0 Å². The van der Waals surface area contributed by atoms with E-state index < -0.39 is 11.9 Å². The number of hydrogen-bond donors (Lipinski definition) is 2. The maximum absolute atomic E-state index is 12.1. The van der Waals surface area contributed by atoms with Crippen LogP contribution in [0.15, 0.2) is 46.9 Å². The van der Waals surface area contributed by atoms with Gasteiger partial charge in [-0.15, -0.1) is 0 Å². The van der Waals surface area contributed by atoms with Gasteiger partial charge in [-0.05, 0) is 36.4 Å². The number of anilines is 1. The molecule has 20 heavy (non-hydrogen) atoms. The number of carboxylic acid groups (broad SMARTS) is 1. The Morgan fingerprint density at radius 3 is 2.50 bits per heavy atom. The highest BCUT2D eigenvalue weighted by Gasteiger charge is 2.11. The second-order valence-electron chi connectivity index (χ2n) is 3.96. The van der Waals surface area contributed by atoms with Crippen molar-refractivity contribution in [2.75, 3.05) is 5.32 Å². The molecular weight excluding hydrogens is 346 g/mol. The molecule has 0 aliphatic carbocycles. The van der Waals surface area contributed by atoms with Crippen molar-refractivity contribution in [1.29, 1.82) is 0 Å². The van der Waals surface area contributed by atoms with Crippen LogP contribution in [0.2, 0.25) is 5.02 Å². The summed E-state index contributed by atoms with van der Waals surface area (Å²) in [5.41, 5.74) is 0.755. The summed E-state index contributed by atoms with van der Waals surface area (Å²) in [5, 5.41) is 11.9. The molecule has 2 rings (SSSR count). The van der Waals surface area contributed by atoms with Gasteiger partial charge in [0.2, 0.25) is 0 Å². The molecule has 0 radical (unpaired) electrons. The van der Waals surface area contributed by atoms with Gasteiger partial charge in [0, 0.05) is 10.0 Å². The quantitative estimate of drug-likeness (QED) is 0.874. The molecule has 0 atom stereocenters. The van der Waals surface area contributed by atoms with Gasteiger partial charge < -0.3 is 10.4 Å². The molecule has 0 aliphatic rings. The number of rotatable bonds is 3. The van der Waals surface area contributed by atoms with Gasteiger partial charge >= 0.3 is 5.97 Å². The molecule has 6 heteroatoms. The fourth-order valence-corrected chi connectivity index (χ4v) is 2.11. The Hall–Kier alpha value is -1.85. The van der Waals surface area contributed by atoms with Crippen molar-refractivity contribution in [2.24, 2.45) is 0 Å². The zero-order valence-corrected chi connectivity index (χ0v) is 12.4. The molecule has 0 aliphatic heterocycles. The summed E-state index contributed by atoms with van der Waals surface area (Å²) in [4.78, 5) is 22.9. The second-order valence-corrected chi connectivity index (χ2v) is 5.29. The summed E-state index contributed by atoms with van der Waals surface area (Å²) in [6.07, 6.45) is 0. The Morgan fingerprint density at radius 1 is 1.10 bits per heavy atom. The third-order valence-corrected chi connectivity index (χ3v) is 3.37. The van der Waals surface area contributed by atoms with Crippen LogP contribution in [0.5, 0.6) is 0 Å². The highest BCUT2D eigenvalue weighted by molar-refractivity contribution is 9.10. The van der Waals surface area contributed by atoms with Crippen LogP contribution in [0.3, 0.4) is 0 Å². The van der Waals surface area contributed by atoms with E-state index in [1.54, 1.807) is 18.2 Å². The van der Waals surface area contributed by atoms with Crippen molar-refractivity contribution in [1.82, 2.24) is 0 Å². The maximum Gasteiger partial charge on any atom is 0.335 e. The largest absolute Gasteiger partial charge is 0.478 e. The molecule has 0 fully saturated rings. The Labute approximate surface area is 128 Å². The molecule has 2 N–H and O–H groups in total. The first kappa shape index (κ1) is 14.6. The van der Waals surface area contributed by atoms with Crippen LogP contribution in [-0.4, -0.2) is 17.0 Å². The standard InChI is InChI=1S/C14H9BrClNO3/c15-10-4-5-11(16)12(7-10)17-13(18)8-2-1-3-9(6-8)14(19)20/h1-7H,(H,17,18)(H,19,20). The summed E-state index contributed by atoms with van der Waals surface area (Å²) in [6.45, 7) is 0. The van der Waals surface area contributed by atoms with Gasteiger partial charge in [0.25, 0.3) is 5.91 Å². The van der Waals surface area contributed by atoms with Crippen molar-refractivity contribution >= 4 is 45.1 Å².